The zero-order valence-electron chi connectivity index (χ0n) is 12.2. The molecule has 2 fully saturated rings. The lowest BCUT2D eigenvalue weighted by atomic mass is 10.0. The minimum atomic E-state index is -0.379. The van der Waals surface area contributed by atoms with Crippen molar-refractivity contribution in [3.8, 4) is 0 Å². The maximum Gasteiger partial charge on any atom is 0.254 e. The Morgan fingerprint density at radius 3 is 2.85 bits per heavy atom. The second-order valence-corrected chi connectivity index (χ2v) is 5.88. The van der Waals surface area contributed by atoms with Crippen molar-refractivity contribution in [2.24, 2.45) is 12.8 Å². The van der Waals surface area contributed by atoms with Gasteiger partial charge in [-0.05, 0) is 39.2 Å². The number of nitrogens with two attached hydrogens (primary N) is 1. The van der Waals surface area contributed by atoms with Crippen LogP contribution in [0.15, 0.2) is 0 Å². The first-order chi connectivity index (χ1) is 9.59. The largest absolute Gasteiger partial charge is 0.365 e. The predicted molar refractivity (Wildman–Crippen MR) is 77.9 cm³/mol. The zero-order valence-corrected chi connectivity index (χ0v) is 12.2. The number of primary amides is 1. The summed E-state index contributed by atoms with van der Waals surface area (Å²) in [4.78, 5) is 14.1. The molecule has 6 nitrogen and oxygen atoms in total. The summed E-state index contributed by atoms with van der Waals surface area (Å²) in [7, 11) is 1.90. The zero-order chi connectivity index (χ0) is 14.3. The van der Waals surface area contributed by atoms with Crippen LogP contribution in [0, 0.1) is 6.92 Å². The molecule has 0 spiro atoms. The smallest absolute Gasteiger partial charge is 0.254 e. The minimum absolute atomic E-state index is 0.379. The standard InChI is InChI=1S/C14H23N5O/c1-9-12(13(15)20)14(18(2)17-9)19-8-4-6-11(19)10-5-3-7-16-10/h10-11,16H,3-8H2,1-2H3,(H2,15,20). The van der Waals surface area contributed by atoms with Gasteiger partial charge in [-0.15, -0.1) is 0 Å². The molecule has 0 bridgehead atoms. The number of aromatic nitrogens is 2. The van der Waals surface area contributed by atoms with Crippen LogP contribution in [0.5, 0.6) is 0 Å². The third kappa shape index (κ3) is 2.08. The van der Waals surface area contributed by atoms with Gasteiger partial charge in [0.15, 0.2) is 0 Å². The fourth-order valence-corrected chi connectivity index (χ4v) is 3.78. The van der Waals surface area contributed by atoms with Crippen LogP contribution in [-0.2, 0) is 7.05 Å². The summed E-state index contributed by atoms with van der Waals surface area (Å²) in [6.45, 7) is 3.92. The van der Waals surface area contributed by atoms with E-state index in [4.69, 9.17) is 5.73 Å². The number of carbonyl (C=O) groups is 1. The number of anilines is 1. The van der Waals surface area contributed by atoms with E-state index in [0.29, 0.717) is 17.6 Å². The van der Waals surface area contributed by atoms with E-state index in [0.717, 1.165) is 31.0 Å². The van der Waals surface area contributed by atoms with E-state index in [1.807, 2.05) is 18.7 Å². The number of hydrogen-bond acceptors (Lipinski definition) is 4. The number of rotatable bonds is 3. The van der Waals surface area contributed by atoms with Gasteiger partial charge in [-0.25, -0.2) is 0 Å². The lowest BCUT2D eigenvalue weighted by Gasteiger charge is -2.31. The highest BCUT2D eigenvalue weighted by Crippen LogP contribution is 2.33. The molecule has 0 radical (unpaired) electrons. The molecule has 0 saturated carbocycles. The Morgan fingerprint density at radius 1 is 1.40 bits per heavy atom. The normalized spacial score (nSPS) is 26.4. The fourth-order valence-electron chi connectivity index (χ4n) is 3.78. The quantitative estimate of drug-likeness (QED) is 0.846. The summed E-state index contributed by atoms with van der Waals surface area (Å²) in [6, 6.07) is 0.971. The molecule has 2 aliphatic heterocycles. The van der Waals surface area contributed by atoms with Crippen LogP contribution in [-0.4, -0.2) is 40.9 Å². The third-order valence-electron chi connectivity index (χ3n) is 4.57. The summed E-state index contributed by atoms with van der Waals surface area (Å²) >= 11 is 0. The Bertz CT molecular complexity index is 518. The molecule has 110 valence electrons. The molecule has 1 aromatic rings. The second-order valence-electron chi connectivity index (χ2n) is 5.88. The van der Waals surface area contributed by atoms with Gasteiger partial charge in [-0.3, -0.25) is 9.48 Å². The summed E-state index contributed by atoms with van der Waals surface area (Å²) < 4.78 is 1.81. The average molecular weight is 277 g/mol. The van der Waals surface area contributed by atoms with Crippen molar-refractivity contribution in [1.29, 1.82) is 0 Å². The van der Waals surface area contributed by atoms with Crippen molar-refractivity contribution >= 4 is 11.7 Å². The van der Waals surface area contributed by atoms with Crippen molar-refractivity contribution in [2.45, 2.75) is 44.7 Å². The lowest BCUT2D eigenvalue weighted by molar-refractivity contribution is 0.1000. The summed E-state index contributed by atoms with van der Waals surface area (Å²) in [6.07, 6.45) is 4.78. The fraction of sp³-hybridized carbons (Fsp3) is 0.714. The van der Waals surface area contributed by atoms with Crippen molar-refractivity contribution in [2.75, 3.05) is 18.0 Å². The monoisotopic (exact) mass is 277 g/mol. The molecule has 3 N–H and O–H groups in total. The van der Waals surface area contributed by atoms with Crippen LogP contribution in [0.1, 0.15) is 41.7 Å². The molecule has 0 aromatic carbocycles. The van der Waals surface area contributed by atoms with E-state index in [1.54, 1.807) is 0 Å². The highest BCUT2D eigenvalue weighted by Gasteiger charge is 2.36. The molecular formula is C14H23N5O. The molecule has 0 aliphatic carbocycles. The van der Waals surface area contributed by atoms with E-state index in [9.17, 15) is 4.79 Å². The van der Waals surface area contributed by atoms with Gasteiger partial charge in [0.2, 0.25) is 0 Å². The van der Waals surface area contributed by atoms with Crippen molar-refractivity contribution in [1.82, 2.24) is 15.1 Å². The first-order valence-corrected chi connectivity index (χ1v) is 7.43. The number of amides is 1. The van der Waals surface area contributed by atoms with Crippen molar-refractivity contribution in [3.05, 3.63) is 11.3 Å². The van der Waals surface area contributed by atoms with E-state index in [-0.39, 0.29) is 5.91 Å². The van der Waals surface area contributed by atoms with Crippen LogP contribution in [0.4, 0.5) is 5.82 Å². The topological polar surface area (TPSA) is 76.2 Å². The van der Waals surface area contributed by atoms with E-state index < -0.39 is 0 Å². The van der Waals surface area contributed by atoms with E-state index in [2.05, 4.69) is 15.3 Å². The Balaban J connectivity index is 1.97. The third-order valence-corrected chi connectivity index (χ3v) is 4.57. The molecule has 1 amide bonds. The molecule has 20 heavy (non-hydrogen) atoms. The molecule has 1 aromatic heterocycles. The number of nitrogens with one attached hydrogen (secondary N) is 1. The summed E-state index contributed by atoms with van der Waals surface area (Å²) in [5, 5.41) is 7.98. The van der Waals surface area contributed by atoms with Gasteiger partial charge < -0.3 is 16.0 Å². The van der Waals surface area contributed by atoms with Gasteiger partial charge in [0.25, 0.3) is 5.91 Å². The Hall–Kier alpha value is -1.56. The Labute approximate surface area is 119 Å². The highest BCUT2D eigenvalue weighted by atomic mass is 16.1. The van der Waals surface area contributed by atoms with E-state index >= 15 is 0 Å². The van der Waals surface area contributed by atoms with Gasteiger partial charge in [0.1, 0.15) is 11.4 Å². The van der Waals surface area contributed by atoms with E-state index in [1.165, 1.54) is 19.3 Å². The maximum atomic E-state index is 11.8. The van der Waals surface area contributed by atoms with Crippen LogP contribution in [0.2, 0.25) is 0 Å². The predicted octanol–water partition coefficient (Wildman–Crippen LogP) is 0.548. The van der Waals surface area contributed by atoms with Crippen LogP contribution >= 0.6 is 0 Å². The molecule has 6 heteroatoms. The van der Waals surface area contributed by atoms with Gasteiger partial charge in [-0.2, -0.15) is 5.10 Å². The molecule has 2 aliphatic rings. The van der Waals surface area contributed by atoms with Crippen molar-refractivity contribution < 1.29 is 4.79 Å². The Morgan fingerprint density at radius 2 is 2.20 bits per heavy atom. The molecule has 2 saturated heterocycles. The summed E-state index contributed by atoms with van der Waals surface area (Å²) in [5.41, 5.74) is 6.86. The lowest BCUT2D eigenvalue weighted by Crippen LogP contribution is -2.45. The van der Waals surface area contributed by atoms with Crippen LogP contribution in [0.25, 0.3) is 0 Å². The van der Waals surface area contributed by atoms with Gasteiger partial charge in [0.05, 0.1) is 5.69 Å². The second kappa shape index (κ2) is 5.09. The number of aryl methyl sites for hydroxylation is 2. The van der Waals surface area contributed by atoms with Gasteiger partial charge >= 0.3 is 0 Å². The maximum absolute atomic E-state index is 11.8. The first-order valence-electron chi connectivity index (χ1n) is 7.43. The van der Waals surface area contributed by atoms with Crippen LogP contribution < -0.4 is 16.0 Å². The molecule has 3 heterocycles. The molecule has 3 rings (SSSR count). The Kier molecular flexibility index (Phi) is 3.41. The summed E-state index contributed by atoms with van der Waals surface area (Å²) in [5.74, 6) is 0.516. The average Bonchev–Trinajstić information content (AvgIpc) is 3.06. The van der Waals surface area contributed by atoms with Gasteiger partial charge in [0, 0.05) is 25.7 Å². The SMILES string of the molecule is Cc1nn(C)c(N2CCCC2C2CCCN2)c1C(N)=O. The first kappa shape index (κ1) is 13.4. The number of carbonyl (C=O) groups excluding carboxylic acids is 1. The molecule has 2 atom stereocenters. The van der Waals surface area contributed by atoms with Crippen LogP contribution in [0.3, 0.4) is 0 Å². The molecular weight excluding hydrogens is 254 g/mol. The number of hydrogen-bond donors (Lipinski definition) is 2. The highest BCUT2D eigenvalue weighted by molar-refractivity contribution is 5.99. The van der Waals surface area contributed by atoms with Crippen molar-refractivity contribution in [3.63, 3.8) is 0 Å². The number of nitrogens with zero attached hydrogens (tertiary/aromatic N) is 3. The van der Waals surface area contributed by atoms with Gasteiger partial charge in [-0.1, -0.05) is 0 Å². The minimum Gasteiger partial charge on any atom is -0.365 e. The molecule has 2 unspecified atom stereocenters.